The van der Waals surface area contributed by atoms with Gasteiger partial charge in [0, 0.05) is 25.1 Å². The van der Waals surface area contributed by atoms with Crippen LogP contribution >= 0.6 is 0 Å². The second kappa shape index (κ2) is 15.8. The number of rotatable bonds is 14. The third kappa shape index (κ3) is 8.17. The number of hydrogen-bond acceptors (Lipinski definition) is 6. The summed E-state index contributed by atoms with van der Waals surface area (Å²) in [5.41, 5.74) is 2.93. The van der Waals surface area contributed by atoms with E-state index in [1.165, 1.54) is 37.3 Å². The molecule has 10 heteroatoms. The van der Waals surface area contributed by atoms with E-state index in [4.69, 9.17) is 9.47 Å². The highest BCUT2D eigenvalue weighted by atomic mass is 32.2. The van der Waals surface area contributed by atoms with Gasteiger partial charge < -0.3 is 19.7 Å². The summed E-state index contributed by atoms with van der Waals surface area (Å²) in [5.74, 6) is -0.0472. The van der Waals surface area contributed by atoms with Crippen molar-refractivity contribution in [1.29, 1.82) is 0 Å². The Kier molecular flexibility index (Phi) is 11.4. The average Bonchev–Trinajstić information content (AvgIpc) is 3.62. The lowest BCUT2D eigenvalue weighted by molar-refractivity contribution is -0.140. The molecule has 252 valence electrons. The van der Waals surface area contributed by atoms with E-state index in [9.17, 15) is 18.0 Å². The summed E-state index contributed by atoms with van der Waals surface area (Å²) >= 11 is 0. The Balaban J connectivity index is 1.59. The fraction of sp³-hybridized carbons (Fsp3) is 0.316. The number of nitrogens with one attached hydrogen (secondary N) is 1. The Bertz CT molecular complexity index is 1790. The largest absolute Gasteiger partial charge is 0.493 e. The molecule has 2 amide bonds. The summed E-state index contributed by atoms with van der Waals surface area (Å²) in [6, 6.07) is 29.1. The number of hydrogen-bond donors (Lipinski definition) is 1. The second-order valence-electron chi connectivity index (χ2n) is 12.0. The third-order valence-corrected chi connectivity index (χ3v) is 10.6. The fourth-order valence-corrected chi connectivity index (χ4v) is 7.55. The van der Waals surface area contributed by atoms with Crippen LogP contribution in [0, 0.1) is 6.92 Å². The van der Waals surface area contributed by atoms with Crippen molar-refractivity contribution < 1.29 is 27.5 Å². The molecule has 4 aromatic carbocycles. The maximum Gasteiger partial charge on any atom is 0.264 e. The van der Waals surface area contributed by atoms with Gasteiger partial charge in [-0.1, -0.05) is 85.6 Å². The van der Waals surface area contributed by atoms with Crippen molar-refractivity contribution in [3.8, 4) is 11.5 Å². The lowest BCUT2D eigenvalue weighted by atomic mass is 10.0. The number of carbonyl (C=O) groups is 2. The van der Waals surface area contributed by atoms with Gasteiger partial charge in [-0.2, -0.15) is 0 Å². The molecular weight excluding hydrogens is 627 g/mol. The van der Waals surface area contributed by atoms with Crippen molar-refractivity contribution in [2.24, 2.45) is 0 Å². The van der Waals surface area contributed by atoms with E-state index in [1.807, 2.05) is 61.5 Å². The quantitative estimate of drug-likeness (QED) is 0.179. The maximum absolute atomic E-state index is 14.8. The number of aryl methyl sites for hydroxylation is 1. The molecule has 0 aliphatic heterocycles. The minimum Gasteiger partial charge on any atom is -0.493 e. The maximum atomic E-state index is 14.8. The lowest BCUT2D eigenvalue weighted by Crippen LogP contribution is -2.54. The van der Waals surface area contributed by atoms with Gasteiger partial charge >= 0.3 is 0 Å². The van der Waals surface area contributed by atoms with E-state index in [0.717, 1.165) is 46.7 Å². The summed E-state index contributed by atoms with van der Waals surface area (Å²) < 4.78 is 40.5. The molecule has 0 spiro atoms. The van der Waals surface area contributed by atoms with Gasteiger partial charge in [0.1, 0.15) is 12.6 Å². The summed E-state index contributed by atoms with van der Waals surface area (Å²) in [7, 11) is -1.29. The highest BCUT2D eigenvalue weighted by Gasteiger charge is 2.36. The van der Waals surface area contributed by atoms with Gasteiger partial charge in [-0.3, -0.25) is 13.9 Å². The summed E-state index contributed by atoms with van der Waals surface area (Å²) in [5, 5.41) is 3.21. The van der Waals surface area contributed by atoms with Crippen LogP contribution < -0.4 is 19.1 Å². The second-order valence-corrected chi connectivity index (χ2v) is 13.9. The van der Waals surface area contributed by atoms with E-state index in [0.29, 0.717) is 11.5 Å². The van der Waals surface area contributed by atoms with Gasteiger partial charge in [-0.25, -0.2) is 8.42 Å². The van der Waals surface area contributed by atoms with Crippen LogP contribution in [-0.2, 0) is 32.6 Å². The topological polar surface area (TPSA) is 105 Å². The van der Waals surface area contributed by atoms with Gasteiger partial charge in [0.05, 0.1) is 24.8 Å². The molecule has 0 radical (unpaired) electrons. The normalized spacial score (nSPS) is 13.8. The van der Waals surface area contributed by atoms with E-state index >= 15 is 0 Å². The number of ether oxygens (including phenoxy) is 2. The average molecular weight is 670 g/mol. The lowest BCUT2D eigenvalue weighted by Gasteiger charge is -2.34. The fourth-order valence-electron chi connectivity index (χ4n) is 6.12. The first kappa shape index (κ1) is 34.5. The molecule has 1 fully saturated rings. The predicted molar refractivity (Wildman–Crippen MR) is 187 cm³/mol. The van der Waals surface area contributed by atoms with Crippen molar-refractivity contribution >= 4 is 27.5 Å². The zero-order valence-corrected chi connectivity index (χ0v) is 28.5. The molecule has 5 rings (SSSR count). The number of benzene rings is 4. The number of nitrogens with zero attached hydrogens (tertiary/aromatic N) is 2. The van der Waals surface area contributed by atoms with Crippen molar-refractivity contribution in [3.05, 3.63) is 120 Å². The molecule has 0 aromatic heterocycles. The van der Waals surface area contributed by atoms with Crippen LogP contribution in [0.2, 0.25) is 0 Å². The van der Waals surface area contributed by atoms with E-state index in [1.54, 1.807) is 30.3 Å². The number of sulfonamides is 1. The van der Waals surface area contributed by atoms with Crippen molar-refractivity contribution in [2.45, 2.75) is 62.6 Å². The van der Waals surface area contributed by atoms with Crippen LogP contribution in [0.25, 0.3) is 0 Å². The molecule has 1 N–H and O–H groups in total. The number of methoxy groups -OCH3 is 2. The highest BCUT2D eigenvalue weighted by Crippen LogP contribution is 2.34. The zero-order chi connectivity index (χ0) is 34.1. The van der Waals surface area contributed by atoms with Gasteiger partial charge in [0.25, 0.3) is 10.0 Å². The molecule has 1 aliphatic rings. The van der Waals surface area contributed by atoms with Gasteiger partial charge in [-0.05, 0) is 60.7 Å². The monoisotopic (exact) mass is 669 g/mol. The van der Waals surface area contributed by atoms with Crippen LogP contribution in [0.4, 0.5) is 5.69 Å². The Hall–Kier alpha value is -4.83. The molecule has 0 unspecified atom stereocenters. The molecule has 48 heavy (non-hydrogen) atoms. The number of carbonyl (C=O) groups excluding carboxylic acids is 2. The third-order valence-electron chi connectivity index (χ3n) is 8.84. The molecule has 1 saturated carbocycles. The van der Waals surface area contributed by atoms with E-state index < -0.39 is 28.5 Å². The summed E-state index contributed by atoms with van der Waals surface area (Å²) in [6.07, 6.45) is 4.12. The van der Waals surface area contributed by atoms with Gasteiger partial charge in [0.2, 0.25) is 11.8 Å². The molecule has 0 bridgehead atoms. The van der Waals surface area contributed by atoms with Crippen LogP contribution in [-0.4, -0.2) is 58.0 Å². The first-order valence-electron chi connectivity index (χ1n) is 16.2. The Morgan fingerprint density at radius 2 is 1.46 bits per heavy atom. The zero-order valence-electron chi connectivity index (χ0n) is 27.7. The van der Waals surface area contributed by atoms with Crippen LogP contribution in [0.1, 0.15) is 42.4 Å². The molecule has 4 aromatic rings. The van der Waals surface area contributed by atoms with Crippen LogP contribution in [0.5, 0.6) is 11.5 Å². The minimum absolute atomic E-state index is 0.0258. The summed E-state index contributed by atoms with van der Waals surface area (Å²) in [6.45, 7) is 1.52. The smallest absolute Gasteiger partial charge is 0.264 e. The molecule has 0 heterocycles. The van der Waals surface area contributed by atoms with Gasteiger partial charge in [0.15, 0.2) is 11.5 Å². The predicted octanol–water partition coefficient (Wildman–Crippen LogP) is 5.91. The molecule has 1 aliphatic carbocycles. The number of amides is 2. The standard InChI is InChI=1S/C38H43N3O6S/c1-28-14-10-11-17-30(28)26-40(34(24-29-15-6-4-7-16-29)38(43)39-31-18-12-13-19-31)37(42)27-41(48(44,45)33-20-8-5-9-21-33)32-22-23-35(46-2)36(25-32)47-3/h4-11,14-17,20-23,25,31,34H,12-13,18-19,24,26-27H2,1-3H3,(H,39,43)/t34-/m1/s1. The number of anilines is 1. The van der Waals surface area contributed by atoms with Crippen LogP contribution in [0.3, 0.4) is 0 Å². The van der Waals surface area contributed by atoms with Crippen molar-refractivity contribution in [1.82, 2.24) is 10.2 Å². The molecule has 9 nitrogen and oxygen atoms in total. The Labute approximate surface area is 283 Å². The molecule has 1 atom stereocenters. The first-order valence-corrected chi connectivity index (χ1v) is 17.6. The van der Waals surface area contributed by atoms with Crippen molar-refractivity contribution in [3.63, 3.8) is 0 Å². The molecular formula is C38H43N3O6S. The first-order chi connectivity index (χ1) is 23.2. The highest BCUT2D eigenvalue weighted by molar-refractivity contribution is 7.92. The SMILES string of the molecule is COc1ccc(N(CC(=O)N(Cc2ccccc2C)[C@H](Cc2ccccc2)C(=O)NC2CCCC2)S(=O)(=O)c2ccccc2)cc1OC. The van der Waals surface area contributed by atoms with E-state index in [2.05, 4.69) is 5.32 Å². The van der Waals surface area contributed by atoms with Gasteiger partial charge in [-0.15, -0.1) is 0 Å². The van der Waals surface area contributed by atoms with Crippen molar-refractivity contribution in [2.75, 3.05) is 25.1 Å². The minimum atomic E-state index is -4.24. The molecule has 0 saturated heterocycles. The summed E-state index contributed by atoms with van der Waals surface area (Å²) in [4.78, 5) is 30.5. The van der Waals surface area contributed by atoms with E-state index in [-0.39, 0.29) is 35.5 Å². The Morgan fingerprint density at radius 3 is 2.10 bits per heavy atom. The Morgan fingerprint density at radius 1 is 0.833 bits per heavy atom. The van der Waals surface area contributed by atoms with Crippen LogP contribution in [0.15, 0.2) is 108 Å².